The molecule has 0 atom stereocenters. The molecule has 0 radical (unpaired) electrons. The van der Waals surface area contributed by atoms with Crippen molar-refractivity contribution in [2.45, 2.75) is 13.0 Å². The Kier molecular flexibility index (Phi) is 3.43. The standard InChI is InChI=1S/C15H14FN3O/c16-13-9-18-7-5-12(13)15(20)19-14-3-1-2-10-8-17-6-4-11(10)14/h1-3,5,7,9,17H,4,6,8H2,(H,19,20). The molecule has 1 aliphatic rings. The fourth-order valence-electron chi connectivity index (χ4n) is 2.40. The van der Waals surface area contributed by atoms with Gasteiger partial charge in [0.25, 0.3) is 5.91 Å². The van der Waals surface area contributed by atoms with Crippen molar-refractivity contribution in [3.8, 4) is 0 Å². The SMILES string of the molecule is O=C(Nc1cccc2c1CCNC2)c1ccncc1F. The van der Waals surface area contributed by atoms with E-state index in [1.165, 1.54) is 17.8 Å². The van der Waals surface area contributed by atoms with Crippen LogP contribution >= 0.6 is 0 Å². The van der Waals surface area contributed by atoms with Gasteiger partial charge in [-0.05, 0) is 36.2 Å². The van der Waals surface area contributed by atoms with Gasteiger partial charge in [-0.3, -0.25) is 9.78 Å². The molecule has 20 heavy (non-hydrogen) atoms. The van der Waals surface area contributed by atoms with E-state index in [9.17, 15) is 9.18 Å². The van der Waals surface area contributed by atoms with Gasteiger partial charge in [-0.15, -0.1) is 0 Å². The van der Waals surface area contributed by atoms with Gasteiger partial charge in [0.2, 0.25) is 0 Å². The van der Waals surface area contributed by atoms with Gasteiger partial charge < -0.3 is 10.6 Å². The van der Waals surface area contributed by atoms with Crippen LogP contribution in [0.2, 0.25) is 0 Å². The third-order valence-corrected chi connectivity index (χ3v) is 3.41. The van der Waals surface area contributed by atoms with Gasteiger partial charge in [-0.2, -0.15) is 0 Å². The smallest absolute Gasteiger partial charge is 0.258 e. The molecular formula is C15H14FN3O. The zero-order valence-corrected chi connectivity index (χ0v) is 10.8. The van der Waals surface area contributed by atoms with Gasteiger partial charge in [0.1, 0.15) is 0 Å². The molecule has 2 heterocycles. The number of pyridine rings is 1. The molecule has 0 saturated carbocycles. The Labute approximate surface area is 116 Å². The number of nitrogens with one attached hydrogen (secondary N) is 2. The summed E-state index contributed by atoms with van der Waals surface area (Å²) in [5.74, 6) is -1.06. The first-order valence-electron chi connectivity index (χ1n) is 6.48. The van der Waals surface area contributed by atoms with Crippen LogP contribution in [0, 0.1) is 5.82 Å². The van der Waals surface area contributed by atoms with E-state index in [1.54, 1.807) is 0 Å². The summed E-state index contributed by atoms with van der Waals surface area (Å²) >= 11 is 0. The lowest BCUT2D eigenvalue weighted by atomic mass is 9.99. The number of halogens is 1. The molecule has 102 valence electrons. The van der Waals surface area contributed by atoms with E-state index in [1.807, 2.05) is 18.2 Å². The summed E-state index contributed by atoms with van der Waals surface area (Å²) in [6.45, 7) is 1.67. The first-order valence-corrected chi connectivity index (χ1v) is 6.48. The molecule has 2 aromatic rings. The number of carbonyl (C=O) groups excluding carboxylic acids is 1. The maximum Gasteiger partial charge on any atom is 0.258 e. The molecule has 0 bridgehead atoms. The quantitative estimate of drug-likeness (QED) is 0.879. The summed E-state index contributed by atoms with van der Waals surface area (Å²) in [4.78, 5) is 15.8. The van der Waals surface area contributed by atoms with Crippen LogP contribution in [0.15, 0.2) is 36.7 Å². The van der Waals surface area contributed by atoms with Gasteiger partial charge in [0.05, 0.1) is 11.8 Å². The highest BCUT2D eigenvalue weighted by atomic mass is 19.1. The minimum atomic E-state index is -0.614. The Morgan fingerprint density at radius 2 is 2.25 bits per heavy atom. The summed E-state index contributed by atoms with van der Waals surface area (Å²) in [7, 11) is 0. The topological polar surface area (TPSA) is 54.0 Å². The average Bonchev–Trinajstić information content (AvgIpc) is 2.48. The number of anilines is 1. The van der Waals surface area contributed by atoms with Crippen molar-refractivity contribution in [2.24, 2.45) is 0 Å². The minimum absolute atomic E-state index is 0.00605. The molecule has 0 unspecified atom stereocenters. The fourth-order valence-corrected chi connectivity index (χ4v) is 2.40. The Bertz CT molecular complexity index is 657. The molecule has 0 aliphatic carbocycles. The maximum absolute atomic E-state index is 13.5. The summed E-state index contributed by atoms with van der Waals surface area (Å²) < 4.78 is 13.5. The highest BCUT2D eigenvalue weighted by Crippen LogP contribution is 2.23. The van der Waals surface area contributed by atoms with Crippen LogP contribution in [0.3, 0.4) is 0 Å². The third kappa shape index (κ3) is 2.40. The van der Waals surface area contributed by atoms with E-state index >= 15 is 0 Å². The molecule has 1 amide bonds. The highest BCUT2D eigenvalue weighted by Gasteiger charge is 2.16. The number of hydrogen-bond acceptors (Lipinski definition) is 3. The second kappa shape index (κ2) is 5.38. The van der Waals surface area contributed by atoms with Crippen LogP contribution in [-0.4, -0.2) is 17.4 Å². The lowest BCUT2D eigenvalue weighted by Crippen LogP contribution is -2.25. The number of aromatic nitrogens is 1. The monoisotopic (exact) mass is 271 g/mol. The second-order valence-corrected chi connectivity index (χ2v) is 4.68. The number of amides is 1. The van der Waals surface area contributed by atoms with Gasteiger partial charge in [0.15, 0.2) is 5.82 Å². The molecule has 0 fully saturated rings. The number of rotatable bonds is 2. The molecule has 1 aromatic carbocycles. The van der Waals surface area contributed by atoms with Crippen molar-refractivity contribution in [3.05, 3.63) is 59.2 Å². The van der Waals surface area contributed by atoms with E-state index in [-0.39, 0.29) is 5.56 Å². The van der Waals surface area contributed by atoms with Gasteiger partial charge in [-0.1, -0.05) is 12.1 Å². The van der Waals surface area contributed by atoms with Crippen LogP contribution in [0.5, 0.6) is 0 Å². The lowest BCUT2D eigenvalue weighted by Gasteiger charge is -2.20. The maximum atomic E-state index is 13.5. The van der Waals surface area contributed by atoms with Gasteiger partial charge >= 0.3 is 0 Å². The summed E-state index contributed by atoms with van der Waals surface area (Å²) in [6, 6.07) is 7.15. The number of fused-ring (bicyclic) bond motifs is 1. The largest absolute Gasteiger partial charge is 0.322 e. The van der Waals surface area contributed by atoms with Crippen molar-refractivity contribution >= 4 is 11.6 Å². The van der Waals surface area contributed by atoms with E-state index in [0.29, 0.717) is 0 Å². The zero-order chi connectivity index (χ0) is 13.9. The minimum Gasteiger partial charge on any atom is -0.322 e. The number of hydrogen-bond donors (Lipinski definition) is 2. The van der Waals surface area contributed by atoms with Crippen molar-refractivity contribution in [1.29, 1.82) is 0 Å². The van der Waals surface area contributed by atoms with E-state index in [4.69, 9.17) is 0 Å². The summed E-state index contributed by atoms with van der Waals surface area (Å²) in [5, 5.41) is 6.07. The molecule has 4 nitrogen and oxygen atoms in total. The third-order valence-electron chi connectivity index (χ3n) is 3.41. The molecule has 1 aromatic heterocycles. The van der Waals surface area contributed by atoms with Crippen molar-refractivity contribution in [3.63, 3.8) is 0 Å². The first-order chi connectivity index (χ1) is 9.75. The van der Waals surface area contributed by atoms with Crippen molar-refractivity contribution in [2.75, 3.05) is 11.9 Å². The Morgan fingerprint density at radius 1 is 1.35 bits per heavy atom. The van der Waals surface area contributed by atoms with Gasteiger partial charge in [0, 0.05) is 18.4 Å². The molecule has 0 saturated heterocycles. The van der Waals surface area contributed by atoms with Gasteiger partial charge in [-0.25, -0.2) is 4.39 Å². The normalized spacial score (nSPS) is 13.7. The summed E-state index contributed by atoms with van der Waals surface area (Å²) in [6.07, 6.45) is 3.30. The Hall–Kier alpha value is -2.27. The van der Waals surface area contributed by atoms with Crippen molar-refractivity contribution < 1.29 is 9.18 Å². The average molecular weight is 271 g/mol. The van der Waals surface area contributed by atoms with E-state index in [0.717, 1.165) is 37.0 Å². The molecule has 0 spiro atoms. The molecule has 3 rings (SSSR count). The molecular weight excluding hydrogens is 257 g/mol. The molecule has 5 heteroatoms. The van der Waals surface area contributed by atoms with E-state index < -0.39 is 11.7 Å². The number of nitrogens with zero attached hydrogens (tertiary/aromatic N) is 1. The predicted octanol–water partition coefficient (Wildman–Crippen LogP) is 2.12. The zero-order valence-electron chi connectivity index (χ0n) is 10.8. The van der Waals surface area contributed by atoms with E-state index in [2.05, 4.69) is 15.6 Å². The first kappa shape index (κ1) is 12.7. The van der Waals surface area contributed by atoms with Crippen molar-refractivity contribution in [1.82, 2.24) is 10.3 Å². The lowest BCUT2D eigenvalue weighted by molar-refractivity contribution is 0.102. The van der Waals surface area contributed by atoms with Crippen LogP contribution in [0.1, 0.15) is 21.5 Å². The summed E-state index contributed by atoms with van der Waals surface area (Å²) in [5.41, 5.74) is 3.05. The number of benzene rings is 1. The van der Waals surface area contributed by atoms with Crippen LogP contribution in [-0.2, 0) is 13.0 Å². The molecule has 1 aliphatic heterocycles. The Morgan fingerprint density at radius 3 is 3.10 bits per heavy atom. The highest BCUT2D eigenvalue weighted by molar-refractivity contribution is 6.04. The fraction of sp³-hybridized carbons (Fsp3) is 0.200. The number of carbonyl (C=O) groups is 1. The Balaban J connectivity index is 1.89. The second-order valence-electron chi connectivity index (χ2n) is 4.68. The van der Waals surface area contributed by atoms with Crippen LogP contribution < -0.4 is 10.6 Å². The van der Waals surface area contributed by atoms with Crippen LogP contribution in [0.25, 0.3) is 0 Å². The predicted molar refractivity (Wildman–Crippen MR) is 74.0 cm³/mol. The van der Waals surface area contributed by atoms with Crippen LogP contribution in [0.4, 0.5) is 10.1 Å². The molecule has 2 N–H and O–H groups in total.